The van der Waals surface area contributed by atoms with Gasteiger partial charge >= 0.3 is 5.97 Å². The average Bonchev–Trinajstić information content (AvgIpc) is 1.84. The zero-order valence-electron chi connectivity index (χ0n) is 7.28. The number of ether oxygens (including phenoxy) is 1. The molecule has 2 atom stereocenters. The van der Waals surface area contributed by atoms with Crippen LogP contribution in [0.15, 0.2) is 0 Å². The first-order chi connectivity index (χ1) is 5.56. The fourth-order valence-electron chi connectivity index (χ4n) is 0.807. The molecule has 0 heterocycles. The fourth-order valence-corrected chi connectivity index (χ4v) is 1.41. The number of carbonyl (C=O) groups excluding carboxylic acids is 1. The van der Waals surface area contributed by atoms with Crippen LogP contribution >= 0.6 is 0 Å². The van der Waals surface area contributed by atoms with E-state index >= 15 is 0 Å². The molecular weight excluding hydrogens is 180 g/mol. The molecular formula is C7H14O4S. The highest BCUT2D eigenvalue weighted by atomic mass is 32.2. The maximum atomic E-state index is 10.8. The Labute approximate surface area is 74.6 Å². The standard InChI is InChI=1S/C7H14O4S/c1-3-11-7(8)4-6(2)5-12(9)10/h6H,3-5H2,1-2H3,(H,9,10). The van der Waals surface area contributed by atoms with Crippen molar-refractivity contribution in [3.05, 3.63) is 0 Å². The first-order valence-corrected chi connectivity index (χ1v) is 5.07. The highest BCUT2D eigenvalue weighted by Crippen LogP contribution is 2.04. The third kappa shape index (κ3) is 6.30. The lowest BCUT2D eigenvalue weighted by atomic mass is 10.1. The Morgan fingerprint density at radius 2 is 2.25 bits per heavy atom. The maximum Gasteiger partial charge on any atom is 0.306 e. The Morgan fingerprint density at radius 3 is 2.67 bits per heavy atom. The summed E-state index contributed by atoms with van der Waals surface area (Å²) in [5.74, 6) is -0.288. The van der Waals surface area contributed by atoms with Crippen molar-refractivity contribution in [2.75, 3.05) is 12.4 Å². The molecule has 0 aliphatic heterocycles. The minimum atomic E-state index is -1.82. The highest BCUT2D eigenvalue weighted by molar-refractivity contribution is 7.79. The van der Waals surface area contributed by atoms with Gasteiger partial charge in [-0.1, -0.05) is 6.92 Å². The molecule has 0 aromatic carbocycles. The van der Waals surface area contributed by atoms with E-state index in [1.54, 1.807) is 13.8 Å². The summed E-state index contributed by atoms with van der Waals surface area (Å²) in [7, 11) is 0. The van der Waals surface area contributed by atoms with Crippen molar-refractivity contribution >= 4 is 17.0 Å². The molecule has 2 unspecified atom stereocenters. The average molecular weight is 194 g/mol. The first-order valence-electron chi connectivity index (χ1n) is 3.79. The van der Waals surface area contributed by atoms with Crippen LogP contribution in [0.4, 0.5) is 0 Å². The Morgan fingerprint density at radius 1 is 1.67 bits per heavy atom. The predicted molar refractivity (Wildman–Crippen MR) is 46.1 cm³/mol. The summed E-state index contributed by atoms with van der Waals surface area (Å²) in [4.78, 5) is 10.8. The van der Waals surface area contributed by atoms with E-state index in [0.717, 1.165) is 0 Å². The monoisotopic (exact) mass is 194 g/mol. The fraction of sp³-hybridized carbons (Fsp3) is 0.857. The van der Waals surface area contributed by atoms with E-state index in [0.29, 0.717) is 6.61 Å². The second-order valence-corrected chi connectivity index (χ2v) is 3.58. The summed E-state index contributed by atoms with van der Waals surface area (Å²) in [6.45, 7) is 3.82. The Kier molecular flexibility index (Phi) is 5.92. The van der Waals surface area contributed by atoms with Gasteiger partial charge in [0.25, 0.3) is 0 Å². The predicted octanol–water partition coefficient (Wildman–Crippen LogP) is 0.797. The summed E-state index contributed by atoms with van der Waals surface area (Å²) in [6, 6.07) is 0. The van der Waals surface area contributed by atoms with Crippen LogP contribution in [0.25, 0.3) is 0 Å². The molecule has 0 rings (SSSR count). The molecule has 0 aliphatic carbocycles. The number of rotatable bonds is 5. The second kappa shape index (κ2) is 6.14. The topological polar surface area (TPSA) is 63.6 Å². The second-order valence-electron chi connectivity index (χ2n) is 2.60. The Balaban J connectivity index is 3.61. The third-order valence-corrected chi connectivity index (χ3v) is 2.10. The van der Waals surface area contributed by atoms with Gasteiger partial charge in [0.05, 0.1) is 12.4 Å². The van der Waals surface area contributed by atoms with Gasteiger partial charge in [-0.3, -0.25) is 4.79 Å². The minimum absolute atomic E-state index is 0.102. The smallest absolute Gasteiger partial charge is 0.306 e. The zero-order chi connectivity index (χ0) is 9.56. The van der Waals surface area contributed by atoms with Gasteiger partial charge in [-0.2, -0.15) is 0 Å². The molecule has 4 nitrogen and oxygen atoms in total. The summed E-state index contributed by atoms with van der Waals surface area (Å²) < 4.78 is 23.5. The molecule has 0 bridgehead atoms. The van der Waals surface area contributed by atoms with Gasteiger partial charge in [0, 0.05) is 6.42 Å². The maximum absolute atomic E-state index is 10.8. The molecule has 1 N–H and O–H groups in total. The molecule has 0 aromatic rings. The quantitative estimate of drug-likeness (QED) is 0.519. The molecule has 0 saturated carbocycles. The van der Waals surface area contributed by atoms with Crippen LogP contribution in [0.3, 0.4) is 0 Å². The normalized spacial score (nSPS) is 15.2. The largest absolute Gasteiger partial charge is 0.466 e. The molecule has 0 aliphatic rings. The van der Waals surface area contributed by atoms with E-state index in [1.807, 2.05) is 0 Å². The van der Waals surface area contributed by atoms with Crippen LogP contribution in [-0.4, -0.2) is 27.1 Å². The number of hydrogen-bond donors (Lipinski definition) is 1. The molecule has 0 fully saturated rings. The lowest BCUT2D eigenvalue weighted by Crippen LogP contribution is -2.14. The summed E-state index contributed by atoms with van der Waals surface area (Å²) in [5, 5.41) is 0. The van der Waals surface area contributed by atoms with Gasteiger partial charge in [-0.25, -0.2) is 4.21 Å². The van der Waals surface area contributed by atoms with Crippen molar-refractivity contribution in [2.45, 2.75) is 20.3 Å². The van der Waals surface area contributed by atoms with E-state index in [9.17, 15) is 9.00 Å². The molecule has 5 heteroatoms. The van der Waals surface area contributed by atoms with Crippen LogP contribution in [0.2, 0.25) is 0 Å². The highest BCUT2D eigenvalue weighted by Gasteiger charge is 2.11. The summed E-state index contributed by atoms with van der Waals surface area (Å²) in [6.07, 6.45) is 0.208. The van der Waals surface area contributed by atoms with Crippen LogP contribution in [0.5, 0.6) is 0 Å². The van der Waals surface area contributed by atoms with Crippen LogP contribution < -0.4 is 0 Å². The molecule has 0 saturated heterocycles. The van der Waals surface area contributed by atoms with Crippen LogP contribution in [0.1, 0.15) is 20.3 Å². The van der Waals surface area contributed by atoms with Crippen LogP contribution in [-0.2, 0) is 20.6 Å². The van der Waals surface area contributed by atoms with Crippen molar-refractivity contribution in [1.29, 1.82) is 0 Å². The van der Waals surface area contributed by atoms with Gasteiger partial charge in [0.1, 0.15) is 0 Å². The van der Waals surface area contributed by atoms with E-state index in [2.05, 4.69) is 4.74 Å². The van der Waals surface area contributed by atoms with E-state index in [-0.39, 0.29) is 24.1 Å². The van der Waals surface area contributed by atoms with Crippen LogP contribution in [0, 0.1) is 5.92 Å². The lowest BCUT2D eigenvalue weighted by Gasteiger charge is -2.07. The molecule has 0 radical (unpaired) electrons. The lowest BCUT2D eigenvalue weighted by molar-refractivity contribution is -0.143. The van der Waals surface area contributed by atoms with Crippen molar-refractivity contribution < 1.29 is 18.3 Å². The van der Waals surface area contributed by atoms with Gasteiger partial charge in [0.2, 0.25) is 0 Å². The van der Waals surface area contributed by atoms with Crippen molar-refractivity contribution in [3.8, 4) is 0 Å². The molecule has 0 aromatic heterocycles. The summed E-state index contributed by atoms with van der Waals surface area (Å²) >= 11 is -1.82. The number of carbonyl (C=O) groups is 1. The molecule has 0 amide bonds. The number of hydrogen-bond acceptors (Lipinski definition) is 3. The van der Waals surface area contributed by atoms with Crippen molar-refractivity contribution in [2.24, 2.45) is 5.92 Å². The van der Waals surface area contributed by atoms with Crippen molar-refractivity contribution in [1.82, 2.24) is 0 Å². The minimum Gasteiger partial charge on any atom is -0.466 e. The van der Waals surface area contributed by atoms with E-state index in [4.69, 9.17) is 4.55 Å². The van der Waals surface area contributed by atoms with E-state index in [1.165, 1.54) is 0 Å². The third-order valence-electron chi connectivity index (χ3n) is 1.25. The van der Waals surface area contributed by atoms with Crippen molar-refractivity contribution in [3.63, 3.8) is 0 Å². The first kappa shape index (κ1) is 11.6. The molecule has 0 spiro atoms. The SMILES string of the molecule is CCOC(=O)CC(C)CS(=O)O. The zero-order valence-corrected chi connectivity index (χ0v) is 8.10. The number of esters is 1. The van der Waals surface area contributed by atoms with Gasteiger partial charge in [0.15, 0.2) is 11.1 Å². The Hall–Kier alpha value is -0.420. The molecule has 72 valence electrons. The molecule has 12 heavy (non-hydrogen) atoms. The Bertz CT molecular complexity index is 169. The van der Waals surface area contributed by atoms with Gasteiger partial charge in [-0.05, 0) is 12.8 Å². The van der Waals surface area contributed by atoms with Gasteiger partial charge < -0.3 is 9.29 Å². The van der Waals surface area contributed by atoms with E-state index < -0.39 is 11.1 Å². The van der Waals surface area contributed by atoms with Gasteiger partial charge in [-0.15, -0.1) is 0 Å². The summed E-state index contributed by atoms with van der Waals surface area (Å²) in [5.41, 5.74) is 0.